The smallest absolute Gasteiger partial charge is 0.349 e. The van der Waals surface area contributed by atoms with Gasteiger partial charge in [0.05, 0.1) is 17.2 Å². The van der Waals surface area contributed by atoms with Gasteiger partial charge in [-0.1, -0.05) is 0 Å². The van der Waals surface area contributed by atoms with Crippen LogP contribution in [0.15, 0.2) is 12.3 Å². The second-order valence-electron chi connectivity index (χ2n) is 5.89. The minimum absolute atomic E-state index is 0.0318. The summed E-state index contributed by atoms with van der Waals surface area (Å²) in [5.74, 6) is -0.0499. The van der Waals surface area contributed by atoms with Crippen LogP contribution in [0.3, 0.4) is 0 Å². The minimum atomic E-state index is -4.51. The minimum Gasteiger partial charge on any atom is -0.349 e. The zero-order chi connectivity index (χ0) is 16.1. The standard InChI is InChI=1S/C14H17F3N4O/c1-19-3-4-21-10(7-19)8-20(2)13(22)11-5-9(14(15,16)17)6-18-12(11)21/h5-6,10H,3-4,7-8H2,1-2H3/t10-/m1/s1. The molecule has 0 bridgehead atoms. The number of halogens is 3. The maximum Gasteiger partial charge on any atom is 0.417 e. The summed E-state index contributed by atoms with van der Waals surface area (Å²) in [5, 5.41) is 0. The fourth-order valence-electron chi connectivity index (χ4n) is 3.05. The summed E-state index contributed by atoms with van der Waals surface area (Å²) in [6.07, 6.45) is -3.69. The molecule has 0 unspecified atom stereocenters. The maximum atomic E-state index is 12.9. The molecule has 0 aliphatic carbocycles. The van der Waals surface area contributed by atoms with Gasteiger partial charge in [-0.2, -0.15) is 13.2 Å². The van der Waals surface area contributed by atoms with Crippen molar-refractivity contribution in [2.45, 2.75) is 12.2 Å². The van der Waals surface area contributed by atoms with E-state index in [1.807, 2.05) is 11.9 Å². The van der Waals surface area contributed by atoms with E-state index in [9.17, 15) is 18.0 Å². The monoisotopic (exact) mass is 314 g/mol. The summed E-state index contributed by atoms with van der Waals surface area (Å²) < 4.78 is 38.6. The number of likely N-dealkylation sites (N-methyl/N-ethyl adjacent to an activating group) is 2. The normalized spacial score (nSPS) is 23.1. The molecular weight excluding hydrogens is 297 g/mol. The third-order valence-electron chi connectivity index (χ3n) is 4.21. The zero-order valence-corrected chi connectivity index (χ0v) is 12.4. The van der Waals surface area contributed by atoms with Gasteiger partial charge in [-0.15, -0.1) is 0 Å². The van der Waals surface area contributed by atoms with E-state index in [2.05, 4.69) is 9.88 Å². The van der Waals surface area contributed by atoms with E-state index in [1.165, 1.54) is 4.90 Å². The predicted molar refractivity (Wildman–Crippen MR) is 74.8 cm³/mol. The summed E-state index contributed by atoms with van der Waals surface area (Å²) in [5.41, 5.74) is -0.857. The molecule has 1 atom stereocenters. The molecule has 5 nitrogen and oxygen atoms in total. The molecule has 1 aromatic heterocycles. The van der Waals surface area contributed by atoms with Crippen LogP contribution in [0.25, 0.3) is 0 Å². The second kappa shape index (κ2) is 5.12. The largest absolute Gasteiger partial charge is 0.417 e. The molecule has 1 amide bonds. The van der Waals surface area contributed by atoms with E-state index < -0.39 is 17.6 Å². The van der Waals surface area contributed by atoms with Gasteiger partial charge in [0.2, 0.25) is 0 Å². The molecule has 1 aromatic rings. The first-order chi connectivity index (χ1) is 10.3. The number of alkyl halides is 3. The van der Waals surface area contributed by atoms with Crippen LogP contribution in [0.5, 0.6) is 0 Å². The summed E-state index contributed by atoms with van der Waals surface area (Å²) >= 11 is 0. The second-order valence-corrected chi connectivity index (χ2v) is 5.89. The van der Waals surface area contributed by atoms with Crippen LogP contribution in [0.2, 0.25) is 0 Å². The van der Waals surface area contributed by atoms with Crippen LogP contribution in [-0.2, 0) is 6.18 Å². The van der Waals surface area contributed by atoms with Gasteiger partial charge in [-0.3, -0.25) is 4.79 Å². The number of hydrogen-bond acceptors (Lipinski definition) is 4. The Morgan fingerprint density at radius 1 is 1.23 bits per heavy atom. The first-order valence-corrected chi connectivity index (χ1v) is 7.05. The molecule has 0 saturated carbocycles. The molecule has 1 fully saturated rings. The molecule has 3 heterocycles. The molecule has 120 valence electrons. The molecule has 2 aliphatic heterocycles. The van der Waals surface area contributed by atoms with Gasteiger partial charge in [0.25, 0.3) is 5.91 Å². The van der Waals surface area contributed by atoms with Gasteiger partial charge in [0.15, 0.2) is 0 Å². The molecule has 0 N–H and O–H groups in total. The molecule has 3 rings (SSSR count). The average molecular weight is 314 g/mol. The number of pyridine rings is 1. The highest BCUT2D eigenvalue weighted by molar-refractivity contribution is 5.99. The van der Waals surface area contributed by atoms with Crippen LogP contribution < -0.4 is 4.90 Å². The lowest BCUT2D eigenvalue weighted by Crippen LogP contribution is -2.55. The number of carbonyl (C=O) groups is 1. The number of anilines is 1. The van der Waals surface area contributed by atoms with Crippen LogP contribution in [-0.4, -0.2) is 67.0 Å². The fourth-order valence-corrected chi connectivity index (χ4v) is 3.05. The van der Waals surface area contributed by atoms with E-state index >= 15 is 0 Å². The van der Waals surface area contributed by atoms with Crippen LogP contribution in [0, 0.1) is 0 Å². The lowest BCUT2D eigenvalue weighted by Gasteiger charge is -2.40. The lowest BCUT2D eigenvalue weighted by molar-refractivity contribution is -0.137. The first-order valence-electron chi connectivity index (χ1n) is 7.05. The third kappa shape index (κ3) is 2.51. The van der Waals surface area contributed by atoms with Gasteiger partial charge >= 0.3 is 6.18 Å². The number of aromatic nitrogens is 1. The number of hydrogen-bond donors (Lipinski definition) is 0. The molecule has 22 heavy (non-hydrogen) atoms. The van der Waals surface area contributed by atoms with E-state index in [1.54, 1.807) is 7.05 Å². The molecule has 0 spiro atoms. The Kier molecular flexibility index (Phi) is 3.51. The van der Waals surface area contributed by atoms with Crippen LogP contribution >= 0.6 is 0 Å². The molecule has 2 aliphatic rings. The highest BCUT2D eigenvalue weighted by atomic mass is 19.4. The van der Waals surface area contributed by atoms with Crippen molar-refractivity contribution in [3.05, 3.63) is 23.4 Å². The van der Waals surface area contributed by atoms with Gasteiger partial charge in [0, 0.05) is 39.4 Å². The summed E-state index contributed by atoms with van der Waals surface area (Å²) in [4.78, 5) is 22.0. The fraction of sp³-hybridized carbons (Fsp3) is 0.571. The number of amides is 1. The van der Waals surface area contributed by atoms with Crippen molar-refractivity contribution >= 4 is 11.7 Å². The third-order valence-corrected chi connectivity index (χ3v) is 4.21. The van der Waals surface area contributed by atoms with E-state index in [0.29, 0.717) is 18.9 Å². The van der Waals surface area contributed by atoms with Crippen molar-refractivity contribution in [2.75, 3.05) is 45.2 Å². The molecule has 1 saturated heterocycles. The Morgan fingerprint density at radius 2 is 1.95 bits per heavy atom. The predicted octanol–water partition coefficient (Wildman–Crippen LogP) is 1.31. The van der Waals surface area contributed by atoms with E-state index in [-0.39, 0.29) is 11.6 Å². The van der Waals surface area contributed by atoms with Crippen molar-refractivity contribution < 1.29 is 18.0 Å². The Balaban J connectivity index is 2.08. The number of carbonyl (C=O) groups excluding carboxylic acids is 1. The highest BCUT2D eigenvalue weighted by Crippen LogP contribution is 2.34. The van der Waals surface area contributed by atoms with Crippen LogP contribution in [0.1, 0.15) is 15.9 Å². The van der Waals surface area contributed by atoms with Crippen molar-refractivity contribution in [3.8, 4) is 0 Å². The Morgan fingerprint density at radius 3 is 2.64 bits per heavy atom. The quantitative estimate of drug-likeness (QED) is 0.724. The number of piperazine rings is 1. The topological polar surface area (TPSA) is 39.7 Å². The number of fused-ring (bicyclic) bond motifs is 3. The molecular formula is C14H17F3N4O. The van der Waals surface area contributed by atoms with Gasteiger partial charge < -0.3 is 14.7 Å². The first kappa shape index (κ1) is 15.1. The summed E-state index contributed by atoms with van der Waals surface area (Å²) in [7, 11) is 3.61. The van der Waals surface area contributed by atoms with Gasteiger partial charge in [0.1, 0.15) is 5.82 Å². The molecule has 0 aromatic carbocycles. The number of rotatable bonds is 0. The zero-order valence-electron chi connectivity index (χ0n) is 12.4. The highest BCUT2D eigenvalue weighted by Gasteiger charge is 2.38. The Labute approximate surface area is 126 Å². The summed E-state index contributed by atoms with van der Waals surface area (Å²) in [6, 6.07) is 0.959. The van der Waals surface area contributed by atoms with Crippen molar-refractivity contribution in [1.82, 2.24) is 14.8 Å². The summed E-state index contributed by atoms with van der Waals surface area (Å²) in [6.45, 7) is 2.66. The van der Waals surface area contributed by atoms with Crippen molar-refractivity contribution in [3.63, 3.8) is 0 Å². The average Bonchev–Trinajstić information content (AvgIpc) is 2.54. The molecule has 0 radical (unpaired) electrons. The van der Waals surface area contributed by atoms with Gasteiger partial charge in [-0.25, -0.2) is 4.98 Å². The van der Waals surface area contributed by atoms with Gasteiger partial charge in [-0.05, 0) is 13.1 Å². The lowest BCUT2D eigenvalue weighted by atomic mass is 10.1. The number of nitrogens with zero attached hydrogens (tertiary/aromatic N) is 4. The van der Waals surface area contributed by atoms with Crippen molar-refractivity contribution in [2.24, 2.45) is 0 Å². The SMILES string of the molecule is CN1CCN2c3ncc(C(F)(F)F)cc3C(=O)N(C)C[C@H]2C1. The molecule has 8 heteroatoms. The maximum absolute atomic E-state index is 12.9. The van der Waals surface area contributed by atoms with E-state index in [4.69, 9.17) is 0 Å². The Hall–Kier alpha value is -1.83. The van der Waals surface area contributed by atoms with E-state index in [0.717, 1.165) is 25.4 Å². The van der Waals surface area contributed by atoms with Crippen molar-refractivity contribution in [1.29, 1.82) is 0 Å². The van der Waals surface area contributed by atoms with Crippen LogP contribution in [0.4, 0.5) is 19.0 Å². The Bertz CT molecular complexity index is 604.